The van der Waals surface area contributed by atoms with E-state index < -0.39 is 11.6 Å². The molecule has 0 saturated heterocycles. The van der Waals surface area contributed by atoms with Gasteiger partial charge >= 0.3 is 0 Å². The van der Waals surface area contributed by atoms with Gasteiger partial charge in [0.05, 0.1) is 11.3 Å². The highest BCUT2D eigenvalue weighted by Gasteiger charge is 2.15. The van der Waals surface area contributed by atoms with Crippen LogP contribution in [0.15, 0.2) is 12.1 Å². The first-order chi connectivity index (χ1) is 9.22. The minimum Gasteiger partial charge on any atom is -0.383 e. The summed E-state index contributed by atoms with van der Waals surface area (Å²) in [5, 5.41) is 11.5. The summed E-state index contributed by atoms with van der Waals surface area (Å²) in [4.78, 5) is 0. The van der Waals surface area contributed by atoms with Crippen LogP contribution in [0.5, 0.6) is 0 Å². The fourth-order valence-corrected chi connectivity index (χ4v) is 2.69. The van der Waals surface area contributed by atoms with Crippen molar-refractivity contribution in [3.63, 3.8) is 0 Å². The molecule has 0 unspecified atom stereocenters. The summed E-state index contributed by atoms with van der Waals surface area (Å²) >= 11 is 0. The molecule has 0 spiro atoms. The molecule has 0 atom stereocenters. The molecule has 1 aliphatic carbocycles. The van der Waals surface area contributed by atoms with Crippen LogP contribution in [0.3, 0.4) is 0 Å². The lowest BCUT2D eigenvalue weighted by Crippen LogP contribution is -2.07. The van der Waals surface area contributed by atoms with Gasteiger partial charge < -0.3 is 5.32 Å². The molecule has 0 bridgehead atoms. The van der Waals surface area contributed by atoms with Crippen LogP contribution in [0, 0.1) is 28.9 Å². The Morgan fingerprint density at radius 2 is 1.95 bits per heavy atom. The van der Waals surface area contributed by atoms with Gasteiger partial charge in [0.15, 0.2) is 11.6 Å². The summed E-state index contributed by atoms with van der Waals surface area (Å²) in [6, 6.07) is 4.35. The standard InChI is InChI=1S/C15H18F2N2/c16-14-12(10-18)7-8-13(15(14)17)19-9-3-6-11-4-1-2-5-11/h7-8,11,19H,1-6,9H2. The lowest BCUT2D eigenvalue weighted by molar-refractivity contribution is 0.489. The lowest BCUT2D eigenvalue weighted by Gasteiger charge is -2.11. The highest BCUT2D eigenvalue weighted by atomic mass is 19.2. The maximum atomic E-state index is 13.6. The van der Waals surface area contributed by atoms with Crippen LogP contribution >= 0.6 is 0 Å². The first-order valence-corrected chi connectivity index (χ1v) is 6.84. The van der Waals surface area contributed by atoms with Crippen LogP contribution in [0.25, 0.3) is 0 Å². The molecule has 19 heavy (non-hydrogen) atoms. The molecule has 1 aromatic rings. The second-order valence-corrected chi connectivity index (χ2v) is 5.12. The Hall–Kier alpha value is -1.63. The van der Waals surface area contributed by atoms with Gasteiger partial charge in [-0.05, 0) is 30.9 Å². The van der Waals surface area contributed by atoms with Crippen molar-refractivity contribution in [2.75, 3.05) is 11.9 Å². The number of nitriles is 1. The van der Waals surface area contributed by atoms with Crippen molar-refractivity contribution >= 4 is 5.69 Å². The van der Waals surface area contributed by atoms with Crippen LogP contribution in [0.2, 0.25) is 0 Å². The number of hydrogen-bond donors (Lipinski definition) is 1. The predicted molar refractivity (Wildman–Crippen MR) is 70.8 cm³/mol. The van der Waals surface area contributed by atoms with E-state index in [0.29, 0.717) is 6.54 Å². The fourth-order valence-electron chi connectivity index (χ4n) is 2.69. The third-order valence-corrected chi connectivity index (χ3v) is 3.78. The average molecular weight is 264 g/mol. The van der Waals surface area contributed by atoms with Crippen molar-refractivity contribution in [3.8, 4) is 6.07 Å². The molecule has 102 valence electrons. The van der Waals surface area contributed by atoms with E-state index in [1.807, 2.05) is 0 Å². The third kappa shape index (κ3) is 3.44. The summed E-state index contributed by atoms with van der Waals surface area (Å²) in [6.45, 7) is 0.638. The molecule has 2 rings (SSSR count). The molecule has 0 aliphatic heterocycles. The monoisotopic (exact) mass is 264 g/mol. The second-order valence-electron chi connectivity index (χ2n) is 5.12. The number of nitrogens with one attached hydrogen (secondary N) is 1. The summed E-state index contributed by atoms with van der Waals surface area (Å²) in [5.41, 5.74) is -0.114. The first-order valence-electron chi connectivity index (χ1n) is 6.84. The molecule has 0 radical (unpaired) electrons. The van der Waals surface area contributed by atoms with E-state index in [0.717, 1.165) is 18.8 Å². The predicted octanol–water partition coefficient (Wildman–Crippen LogP) is 4.22. The van der Waals surface area contributed by atoms with Crippen molar-refractivity contribution in [2.24, 2.45) is 5.92 Å². The second kappa shape index (κ2) is 6.51. The van der Waals surface area contributed by atoms with Crippen molar-refractivity contribution in [3.05, 3.63) is 29.3 Å². The minimum absolute atomic E-state index is 0.142. The molecule has 1 saturated carbocycles. The molecule has 1 aliphatic rings. The first kappa shape index (κ1) is 13.8. The van der Waals surface area contributed by atoms with Crippen molar-refractivity contribution in [2.45, 2.75) is 38.5 Å². The van der Waals surface area contributed by atoms with Crippen LogP contribution in [0.4, 0.5) is 14.5 Å². The Labute approximate surface area is 112 Å². The molecule has 4 heteroatoms. The molecule has 0 heterocycles. The summed E-state index contributed by atoms with van der Waals surface area (Å²) in [5.74, 6) is -1.22. The molecule has 1 aromatic carbocycles. The van der Waals surface area contributed by atoms with Crippen LogP contribution < -0.4 is 5.32 Å². The number of anilines is 1. The molecular weight excluding hydrogens is 246 g/mol. The molecular formula is C15H18F2N2. The number of nitrogens with zero attached hydrogens (tertiary/aromatic N) is 1. The number of rotatable bonds is 5. The van der Waals surface area contributed by atoms with Gasteiger partial charge in [-0.2, -0.15) is 5.26 Å². The SMILES string of the molecule is N#Cc1ccc(NCCCC2CCCC2)c(F)c1F. The maximum Gasteiger partial charge on any atom is 0.183 e. The van der Waals surface area contributed by atoms with Gasteiger partial charge in [0.2, 0.25) is 0 Å². The van der Waals surface area contributed by atoms with Crippen LogP contribution in [0.1, 0.15) is 44.1 Å². The minimum atomic E-state index is -1.07. The zero-order valence-corrected chi connectivity index (χ0v) is 10.9. The summed E-state index contributed by atoms with van der Waals surface area (Å²) in [6.07, 6.45) is 7.37. The topological polar surface area (TPSA) is 35.8 Å². The highest BCUT2D eigenvalue weighted by Crippen LogP contribution is 2.28. The van der Waals surface area contributed by atoms with Gasteiger partial charge in [-0.1, -0.05) is 25.7 Å². The Balaban J connectivity index is 1.82. The highest BCUT2D eigenvalue weighted by molar-refractivity contribution is 5.49. The van der Waals surface area contributed by atoms with Gasteiger partial charge in [0, 0.05) is 6.54 Å². The number of hydrogen-bond acceptors (Lipinski definition) is 2. The summed E-state index contributed by atoms with van der Waals surface area (Å²) in [7, 11) is 0. The summed E-state index contributed by atoms with van der Waals surface area (Å²) < 4.78 is 27.0. The van der Waals surface area contributed by atoms with E-state index in [1.54, 1.807) is 6.07 Å². The zero-order chi connectivity index (χ0) is 13.7. The van der Waals surface area contributed by atoms with Gasteiger partial charge in [0.1, 0.15) is 6.07 Å². The van der Waals surface area contributed by atoms with E-state index in [-0.39, 0.29) is 11.3 Å². The Morgan fingerprint density at radius 1 is 1.21 bits per heavy atom. The van der Waals surface area contributed by atoms with E-state index in [1.165, 1.54) is 37.8 Å². The van der Waals surface area contributed by atoms with Crippen LogP contribution in [-0.4, -0.2) is 6.54 Å². The Bertz CT molecular complexity index is 474. The zero-order valence-electron chi connectivity index (χ0n) is 10.9. The van der Waals surface area contributed by atoms with Gasteiger partial charge in [-0.25, -0.2) is 8.78 Å². The van der Waals surface area contributed by atoms with E-state index in [9.17, 15) is 8.78 Å². The molecule has 2 nitrogen and oxygen atoms in total. The molecule has 0 aromatic heterocycles. The third-order valence-electron chi connectivity index (χ3n) is 3.78. The lowest BCUT2D eigenvalue weighted by atomic mass is 10.0. The Morgan fingerprint density at radius 3 is 2.63 bits per heavy atom. The van der Waals surface area contributed by atoms with Crippen LogP contribution in [-0.2, 0) is 0 Å². The maximum absolute atomic E-state index is 13.6. The quantitative estimate of drug-likeness (QED) is 0.808. The largest absolute Gasteiger partial charge is 0.383 e. The van der Waals surface area contributed by atoms with E-state index >= 15 is 0 Å². The van der Waals surface area contributed by atoms with Crippen molar-refractivity contribution < 1.29 is 8.78 Å². The fraction of sp³-hybridized carbons (Fsp3) is 0.533. The van der Waals surface area contributed by atoms with Gasteiger partial charge in [0.25, 0.3) is 0 Å². The van der Waals surface area contributed by atoms with Gasteiger partial charge in [-0.3, -0.25) is 0 Å². The van der Waals surface area contributed by atoms with E-state index in [4.69, 9.17) is 5.26 Å². The number of benzene rings is 1. The molecule has 1 fully saturated rings. The normalized spacial score (nSPS) is 15.4. The molecule has 0 amide bonds. The Kier molecular flexibility index (Phi) is 4.73. The van der Waals surface area contributed by atoms with Crippen molar-refractivity contribution in [1.29, 1.82) is 5.26 Å². The van der Waals surface area contributed by atoms with Crippen molar-refractivity contribution in [1.82, 2.24) is 0 Å². The average Bonchev–Trinajstić information content (AvgIpc) is 2.92. The van der Waals surface area contributed by atoms with E-state index in [2.05, 4.69) is 5.32 Å². The van der Waals surface area contributed by atoms with Gasteiger partial charge in [-0.15, -0.1) is 0 Å². The number of halogens is 2. The molecule has 1 N–H and O–H groups in total. The smallest absolute Gasteiger partial charge is 0.183 e.